The number of fused-ring (bicyclic) bond motifs is 1. The quantitative estimate of drug-likeness (QED) is 0.170. The predicted octanol–water partition coefficient (Wildman–Crippen LogP) is 4.52. The highest BCUT2D eigenvalue weighted by molar-refractivity contribution is 7.92. The van der Waals surface area contributed by atoms with Crippen LogP contribution in [0.1, 0.15) is 20.3 Å². The summed E-state index contributed by atoms with van der Waals surface area (Å²) in [5, 5.41) is 26.3. The van der Waals surface area contributed by atoms with Crippen molar-refractivity contribution in [1.29, 1.82) is 0 Å². The van der Waals surface area contributed by atoms with Gasteiger partial charge in [-0.2, -0.15) is 0 Å². The standard InChI is InChI=1S/C27H30N4O5S/c1-27(2,16-18-29-17-15-21-19-23(31(33)34)13-14-25(21)29)28-20-26(32)30(22-9-5-3-6-10-22)37(35,36)24-11-7-4-8-12-24/h3-15,17,19,26,28,32H,16,18,20H2,1-2H3/t26-/m1/s1. The molecule has 0 amide bonds. The molecule has 4 rings (SSSR count). The lowest BCUT2D eigenvalue weighted by molar-refractivity contribution is -0.384. The Hall–Kier alpha value is -3.73. The van der Waals surface area contributed by atoms with Gasteiger partial charge in [0.05, 0.1) is 15.5 Å². The third-order valence-electron chi connectivity index (χ3n) is 6.29. The average molecular weight is 523 g/mol. The number of para-hydroxylation sites is 1. The van der Waals surface area contributed by atoms with Crippen LogP contribution >= 0.6 is 0 Å². The lowest BCUT2D eigenvalue weighted by Gasteiger charge is -2.33. The SMILES string of the molecule is CC(C)(CCn1ccc2cc([N+](=O)[O-])ccc21)NC[C@@H](O)N(c1ccccc1)S(=O)(=O)c1ccccc1. The number of anilines is 1. The molecule has 3 aromatic carbocycles. The third kappa shape index (κ3) is 5.99. The molecule has 0 fully saturated rings. The number of aryl methyl sites for hydroxylation is 1. The van der Waals surface area contributed by atoms with Gasteiger partial charge in [-0.05, 0) is 56.7 Å². The molecule has 10 heteroatoms. The number of rotatable bonds is 11. The number of non-ortho nitro benzene ring substituents is 1. The molecule has 2 N–H and O–H groups in total. The number of β-amino-alcohol motifs (C(OH)–C–C–N with tert-alkyl or cyclic N) is 1. The minimum atomic E-state index is -4.01. The number of nitrogens with one attached hydrogen (secondary N) is 1. The van der Waals surface area contributed by atoms with Crippen molar-refractivity contribution >= 4 is 32.3 Å². The van der Waals surface area contributed by atoms with Crippen LogP contribution in [-0.4, -0.2) is 41.3 Å². The maximum Gasteiger partial charge on any atom is 0.270 e. The van der Waals surface area contributed by atoms with Crippen LogP contribution in [0.3, 0.4) is 0 Å². The van der Waals surface area contributed by atoms with Gasteiger partial charge in [0.25, 0.3) is 15.7 Å². The van der Waals surface area contributed by atoms with Crippen LogP contribution < -0.4 is 9.62 Å². The molecule has 0 saturated heterocycles. The van der Waals surface area contributed by atoms with Crippen LogP contribution in [0.25, 0.3) is 10.9 Å². The number of nitro benzene ring substituents is 1. The van der Waals surface area contributed by atoms with Crippen LogP contribution in [0.15, 0.2) is 96.0 Å². The highest BCUT2D eigenvalue weighted by Gasteiger charge is 2.31. The number of sulfonamides is 1. The fourth-order valence-electron chi connectivity index (χ4n) is 4.19. The van der Waals surface area contributed by atoms with Crippen LogP contribution in [0.5, 0.6) is 0 Å². The molecule has 4 aromatic rings. The number of aliphatic hydroxyl groups is 1. The number of nitro groups is 1. The first kappa shape index (κ1) is 26.3. The van der Waals surface area contributed by atoms with Crippen molar-refractivity contribution in [2.45, 2.75) is 43.5 Å². The first-order valence-corrected chi connectivity index (χ1v) is 13.3. The molecule has 0 radical (unpaired) electrons. The number of hydrogen-bond acceptors (Lipinski definition) is 6. The molecule has 1 aromatic heterocycles. The van der Waals surface area contributed by atoms with E-state index in [2.05, 4.69) is 5.32 Å². The Morgan fingerprint density at radius 3 is 2.32 bits per heavy atom. The second kappa shape index (κ2) is 10.7. The lowest BCUT2D eigenvalue weighted by Crippen LogP contribution is -2.51. The average Bonchev–Trinajstić information content (AvgIpc) is 3.30. The molecule has 194 valence electrons. The molecule has 1 atom stereocenters. The summed E-state index contributed by atoms with van der Waals surface area (Å²) in [6, 6.07) is 23.2. The molecule has 0 aliphatic heterocycles. The minimum absolute atomic E-state index is 0.00653. The molecule has 0 bridgehead atoms. The molecule has 37 heavy (non-hydrogen) atoms. The fourth-order valence-corrected chi connectivity index (χ4v) is 5.71. The van der Waals surface area contributed by atoms with E-state index in [9.17, 15) is 23.6 Å². The zero-order chi connectivity index (χ0) is 26.6. The summed E-state index contributed by atoms with van der Waals surface area (Å²) in [6.07, 6.45) is 1.21. The van der Waals surface area contributed by atoms with Crippen molar-refractivity contribution in [2.75, 3.05) is 10.8 Å². The van der Waals surface area contributed by atoms with E-state index in [-0.39, 0.29) is 17.1 Å². The smallest absolute Gasteiger partial charge is 0.270 e. The Morgan fingerprint density at radius 2 is 1.68 bits per heavy atom. The van der Waals surface area contributed by atoms with Crippen molar-refractivity contribution in [2.24, 2.45) is 0 Å². The summed E-state index contributed by atoms with van der Waals surface area (Å²) in [4.78, 5) is 10.7. The van der Waals surface area contributed by atoms with Gasteiger partial charge in [-0.25, -0.2) is 12.7 Å². The molecule has 1 heterocycles. The van der Waals surface area contributed by atoms with Gasteiger partial charge in [-0.15, -0.1) is 0 Å². The summed E-state index contributed by atoms with van der Waals surface area (Å²) < 4.78 is 30.0. The molecule has 9 nitrogen and oxygen atoms in total. The minimum Gasteiger partial charge on any atom is -0.371 e. The van der Waals surface area contributed by atoms with Gasteiger partial charge < -0.3 is 15.0 Å². The highest BCUT2D eigenvalue weighted by Crippen LogP contribution is 2.26. The van der Waals surface area contributed by atoms with E-state index in [1.807, 2.05) is 30.7 Å². The van der Waals surface area contributed by atoms with Crippen molar-refractivity contribution < 1.29 is 18.4 Å². The van der Waals surface area contributed by atoms with Crippen molar-refractivity contribution in [3.05, 3.63) is 101 Å². The molecule has 0 aliphatic rings. The van der Waals surface area contributed by atoms with E-state index in [1.54, 1.807) is 60.7 Å². The Bertz CT molecular complexity index is 1470. The fraction of sp³-hybridized carbons (Fsp3) is 0.259. The van der Waals surface area contributed by atoms with E-state index in [0.29, 0.717) is 18.7 Å². The molecule has 0 saturated carbocycles. The molecule has 0 aliphatic carbocycles. The van der Waals surface area contributed by atoms with Gasteiger partial charge in [0.1, 0.15) is 0 Å². The van der Waals surface area contributed by atoms with Crippen molar-refractivity contribution in [3.63, 3.8) is 0 Å². The van der Waals surface area contributed by atoms with Crippen molar-refractivity contribution in [1.82, 2.24) is 9.88 Å². The Labute approximate surface area is 216 Å². The van der Waals surface area contributed by atoms with E-state index < -0.39 is 26.7 Å². The van der Waals surface area contributed by atoms with Gasteiger partial charge in [-0.3, -0.25) is 10.1 Å². The molecule has 0 spiro atoms. The Morgan fingerprint density at radius 1 is 1.03 bits per heavy atom. The van der Waals surface area contributed by atoms with Crippen LogP contribution in [0, 0.1) is 10.1 Å². The summed E-state index contributed by atoms with van der Waals surface area (Å²) in [6.45, 7) is 4.60. The second-order valence-electron chi connectivity index (χ2n) is 9.45. The summed E-state index contributed by atoms with van der Waals surface area (Å²) >= 11 is 0. The number of aromatic nitrogens is 1. The van der Waals surface area contributed by atoms with Crippen LogP contribution in [0.4, 0.5) is 11.4 Å². The van der Waals surface area contributed by atoms with Gasteiger partial charge in [0.15, 0.2) is 6.23 Å². The van der Waals surface area contributed by atoms with E-state index in [1.165, 1.54) is 18.2 Å². The molecular formula is C27H30N4O5S. The zero-order valence-corrected chi connectivity index (χ0v) is 21.5. The normalized spacial score (nSPS) is 12.9. The summed E-state index contributed by atoms with van der Waals surface area (Å²) in [5.41, 5.74) is 0.865. The monoisotopic (exact) mass is 522 g/mol. The van der Waals surface area contributed by atoms with Gasteiger partial charge >= 0.3 is 0 Å². The van der Waals surface area contributed by atoms with E-state index in [4.69, 9.17) is 0 Å². The van der Waals surface area contributed by atoms with Gasteiger partial charge in [0.2, 0.25) is 0 Å². The maximum atomic E-state index is 13.5. The number of nitrogens with zero attached hydrogens (tertiary/aromatic N) is 3. The lowest BCUT2D eigenvalue weighted by atomic mass is 10.0. The van der Waals surface area contributed by atoms with Gasteiger partial charge in [0, 0.05) is 47.9 Å². The zero-order valence-electron chi connectivity index (χ0n) is 20.7. The molecule has 0 unspecified atom stereocenters. The Kier molecular flexibility index (Phi) is 7.63. The van der Waals surface area contributed by atoms with Crippen LogP contribution in [0.2, 0.25) is 0 Å². The maximum absolute atomic E-state index is 13.5. The summed E-state index contributed by atoms with van der Waals surface area (Å²) in [5.74, 6) is 0. The second-order valence-corrected chi connectivity index (χ2v) is 11.3. The third-order valence-corrected chi connectivity index (χ3v) is 8.13. The topological polar surface area (TPSA) is 118 Å². The van der Waals surface area contributed by atoms with Crippen molar-refractivity contribution in [3.8, 4) is 0 Å². The van der Waals surface area contributed by atoms with E-state index in [0.717, 1.165) is 15.2 Å². The number of benzene rings is 3. The largest absolute Gasteiger partial charge is 0.371 e. The predicted molar refractivity (Wildman–Crippen MR) is 144 cm³/mol. The van der Waals surface area contributed by atoms with E-state index >= 15 is 0 Å². The number of aliphatic hydroxyl groups excluding tert-OH is 1. The van der Waals surface area contributed by atoms with Gasteiger partial charge in [-0.1, -0.05) is 36.4 Å². The summed E-state index contributed by atoms with van der Waals surface area (Å²) in [7, 11) is -4.01. The van der Waals surface area contributed by atoms with Crippen LogP contribution in [-0.2, 0) is 16.6 Å². The number of hydrogen-bond donors (Lipinski definition) is 2. The first-order valence-electron chi connectivity index (χ1n) is 11.9. The highest BCUT2D eigenvalue weighted by atomic mass is 32.2. The Balaban J connectivity index is 1.47. The molecular weight excluding hydrogens is 492 g/mol. The first-order chi connectivity index (χ1) is 17.6.